The monoisotopic (exact) mass is 604 g/mol. The molecule has 6 aliphatic rings. The summed E-state index contributed by atoms with van der Waals surface area (Å²) in [6.45, 7) is 13.9. The number of aliphatic carboxylic acids is 1. The van der Waals surface area contributed by atoms with E-state index in [1.165, 1.54) is 5.57 Å². The molecule has 0 bridgehead atoms. The van der Waals surface area contributed by atoms with Gasteiger partial charge in [-0.05, 0) is 104 Å². The van der Waals surface area contributed by atoms with Gasteiger partial charge in [0.2, 0.25) is 0 Å². The Morgan fingerprint density at radius 1 is 0.953 bits per heavy atom. The Balaban J connectivity index is 1.33. The Bertz CT molecular complexity index is 1140. The summed E-state index contributed by atoms with van der Waals surface area (Å²) in [6, 6.07) is 0. The van der Waals surface area contributed by atoms with E-state index in [-0.39, 0.29) is 47.4 Å². The molecule has 0 aromatic heterocycles. The van der Waals surface area contributed by atoms with Crippen LogP contribution in [0, 0.1) is 56.7 Å². The van der Waals surface area contributed by atoms with Gasteiger partial charge in [-0.15, -0.1) is 0 Å². The zero-order valence-corrected chi connectivity index (χ0v) is 27.1. The predicted octanol–water partition coefficient (Wildman–Crippen LogP) is 4.53. The Morgan fingerprint density at radius 2 is 1.67 bits per heavy atom. The second-order valence-electron chi connectivity index (χ2n) is 16.7. The quantitative estimate of drug-likeness (QED) is 0.233. The van der Waals surface area contributed by atoms with Crippen LogP contribution in [-0.4, -0.2) is 75.4 Å². The molecule has 5 fully saturated rings. The van der Waals surface area contributed by atoms with Crippen molar-refractivity contribution in [1.82, 2.24) is 0 Å². The second-order valence-corrected chi connectivity index (χ2v) is 16.7. The molecule has 8 heteroatoms. The zero-order valence-electron chi connectivity index (χ0n) is 27.1. The molecule has 1 aliphatic heterocycles. The first kappa shape index (κ1) is 31.9. The largest absolute Gasteiger partial charge is 0.481 e. The number of fused-ring (bicyclic) bond motifs is 7. The van der Waals surface area contributed by atoms with Gasteiger partial charge in [0.1, 0.15) is 18.3 Å². The number of hydrogen-bond acceptors (Lipinski definition) is 7. The zero-order chi connectivity index (χ0) is 31.3. The van der Waals surface area contributed by atoms with Crippen LogP contribution in [0.4, 0.5) is 0 Å². The highest BCUT2D eigenvalue weighted by molar-refractivity contribution is 5.76. The Labute approximate surface area is 257 Å². The SMILES string of the molecule is C[C@H]1[C@H](C)CC[C@]2(C(=O)O)CC[C@]3(C)C(=CC[C@@H]4[C@@]5(C)CC[C@H](O[C@@H]6OC[C@H](O)[C@H](O)[C@H]6O)C(C)(CO)C5CC[C@]43C)[C@H]12. The van der Waals surface area contributed by atoms with Crippen LogP contribution in [0.25, 0.3) is 0 Å². The summed E-state index contributed by atoms with van der Waals surface area (Å²) >= 11 is 0. The lowest BCUT2D eigenvalue weighted by Crippen LogP contribution is -2.67. The Hall–Kier alpha value is -1.03. The van der Waals surface area contributed by atoms with E-state index in [9.17, 15) is 30.3 Å². The lowest BCUT2D eigenvalue weighted by atomic mass is 9.33. The summed E-state index contributed by atoms with van der Waals surface area (Å²) < 4.78 is 12.0. The molecule has 0 aromatic rings. The number of aliphatic hydroxyl groups is 4. The minimum Gasteiger partial charge on any atom is -0.481 e. The third-order valence-corrected chi connectivity index (χ3v) is 15.3. The van der Waals surface area contributed by atoms with E-state index in [4.69, 9.17) is 9.47 Å². The number of allylic oxidation sites excluding steroid dienone is 2. The maximum absolute atomic E-state index is 13.0. The van der Waals surface area contributed by atoms with Crippen molar-refractivity contribution in [3.05, 3.63) is 11.6 Å². The molecule has 8 nitrogen and oxygen atoms in total. The van der Waals surface area contributed by atoms with Crippen LogP contribution >= 0.6 is 0 Å². The number of carbonyl (C=O) groups is 1. The summed E-state index contributed by atoms with van der Waals surface area (Å²) in [4.78, 5) is 13.0. The summed E-state index contributed by atoms with van der Waals surface area (Å²) in [6.07, 6.45) is 5.14. The van der Waals surface area contributed by atoms with Gasteiger partial charge in [0.05, 0.1) is 24.7 Å². The molecule has 1 saturated heterocycles. The van der Waals surface area contributed by atoms with Crippen LogP contribution in [0.2, 0.25) is 0 Å². The molecule has 43 heavy (non-hydrogen) atoms. The van der Waals surface area contributed by atoms with Crippen molar-refractivity contribution >= 4 is 5.97 Å². The van der Waals surface area contributed by atoms with Crippen LogP contribution in [0.5, 0.6) is 0 Å². The molecular formula is C35H56O8. The minimum absolute atomic E-state index is 0.0143. The molecule has 0 radical (unpaired) electrons. The second kappa shape index (κ2) is 10.5. The molecule has 4 saturated carbocycles. The molecule has 5 aliphatic carbocycles. The standard InChI is InChI=1S/C35H56O8/c1-19-9-14-35(30(40)41)16-15-33(5)21(26(35)20(19)2)7-8-24-31(3)12-11-25(43-29-28(39)27(38)22(37)17-42-29)32(4,18-36)23(31)10-13-34(24,33)6/h7,19-20,22-29,36-39H,8-18H2,1-6H3,(H,40,41)/t19-,20+,22+,23?,24-,25+,26+,27+,28-,29+,31+,32?,33-,34-,35+/m1/s1. The number of hydrogen-bond donors (Lipinski definition) is 5. The molecule has 6 rings (SSSR count). The lowest BCUT2D eigenvalue weighted by Gasteiger charge is -2.71. The molecule has 5 N–H and O–H groups in total. The van der Waals surface area contributed by atoms with Crippen molar-refractivity contribution in [1.29, 1.82) is 0 Å². The highest BCUT2D eigenvalue weighted by Gasteiger charge is 2.70. The van der Waals surface area contributed by atoms with E-state index >= 15 is 0 Å². The van der Waals surface area contributed by atoms with E-state index in [1.807, 2.05) is 0 Å². The smallest absolute Gasteiger partial charge is 0.310 e. The van der Waals surface area contributed by atoms with Crippen molar-refractivity contribution in [2.24, 2.45) is 56.7 Å². The van der Waals surface area contributed by atoms with E-state index in [0.29, 0.717) is 24.2 Å². The first-order chi connectivity index (χ1) is 20.1. The Kier molecular flexibility index (Phi) is 7.79. The van der Waals surface area contributed by atoms with Gasteiger partial charge in [0, 0.05) is 5.41 Å². The molecule has 1 heterocycles. The van der Waals surface area contributed by atoms with Crippen molar-refractivity contribution in [2.75, 3.05) is 13.2 Å². The van der Waals surface area contributed by atoms with Gasteiger partial charge in [0.25, 0.3) is 0 Å². The fourth-order valence-electron chi connectivity index (χ4n) is 12.1. The van der Waals surface area contributed by atoms with Gasteiger partial charge >= 0.3 is 5.97 Å². The lowest BCUT2D eigenvalue weighted by molar-refractivity contribution is -0.312. The van der Waals surface area contributed by atoms with Crippen LogP contribution in [0.15, 0.2) is 11.6 Å². The average molecular weight is 605 g/mol. The van der Waals surface area contributed by atoms with Gasteiger partial charge in [-0.2, -0.15) is 0 Å². The van der Waals surface area contributed by atoms with E-state index in [0.717, 1.165) is 51.4 Å². The average Bonchev–Trinajstić information content (AvgIpc) is 2.96. The third kappa shape index (κ3) is 4.18. The normalized spacial score (nSPS) is 56.6. The molecule has 0 aromatic carbocycles. The Morgan fingerprint density at radius 3 is 2.35 bits per heavy atom. The van der Waals surface area contributed by atoms with Crippen molar-refractivity contribution in [3.8, 4) is 0 Å². The van der Waals surface area contributed by atoms with E-state index < -0.39 is 41.4 Å². The molecule has 15 atom stereocenters. The topological polar surface area (TPSA) is 137 Å². The summed E-state index contributed by atoms with van der Waals surface area (Å²) in [5.41, 5.74) is 0.0965. The van der Waals surface area contributed by atoms with Gasteiger partial charge in [-0.3, -0.25) is 4.79 Å². The first-order valence-corrected chi connectivity index (χ1v) is 17.0. The van der Waals surface area contributed by atoms with Crippen molar-refractivity contribution < 1.29 is 39.8 Å². The summed E-state index contributed by atoms with van der Waals surface area (Å²) in [5.74, 6) is 0.904. The number of carboxylic acids is 1. The highest BCUT2D eigenvalue weighted by atomic mass is 16.7. The van der Waals surface area contributed by atoms with Crippen LogP contribution in [0.3, 0.4) is 0 Å². The fourth-order valence-corrected chi connectivity index (χ4v) is 12.1. The molecular weight excluding hydrogens is 548 g/mol. The van der Waals surface area contributed by atoms with Gasteiger partial charge < -0.3 is 35.0 Å². The van der Waals surface area contributed by atoms with Gasteiger partial charge in [0.15, 0.2) is 6.29 Å². The van der Waals surface area contributed by atoms with E-state index in [2.05, 4.69) is 47.6 Å². The van der Waals surface area contributed by atoms with E-state index in [1.54, 1.807) is 0 Å². The molecule has 244 valence electrons. The van der Waals surface area contributed by atoms with Crippen molar-refractivity contribution in [2.45, 2.75) is 130 Å². The number of rotatable bonds is 4. The fraction of sp³-hybridized carbons (Fsp3) is 0.914. The third-order valence-electron chi connectivity index (χ3n) is 15.3. The number of aliphatic hydroxyl groups excluding tert-OH is 4. The van der Waals surface area contributed by atoms with Gasteiger partial charge in [-0.25, -0.2) is 0 Å². The number of ether oxygens (including phenoxy) is 2. The molecule has 0 spiro atoms. The van der Waals surface area contributed by atoms with Gasteiger partial charge in [-0.1, -0.05) is 53.2 Å². The van der Waals surface area contributed by atoms with Crippen molar-refractivity contribution in [3.63, 3.8) is 0 Å². The number of carboxylic acid groups (broad SMARTS) is 1. The summed E-state index contributed by atoms with van der Waals surface area (Å²) in [5, 5.41) is 52.4. The maximum atomic E-state index is 13.0. The van der Waals surface area contributed by atoms with Crippen LogP contribution < -0.4 is 0 Å². The first-order valence-electron chi connectivity index (χ1n) is 17.0. The predicted molar refractivity (Wildman–Crippen MR) is 161 cm³/mol. The highest BCUT2D eigenvalue weighted by Crippen LogP contribution is 2.76. The maximum Gasteiger partial charge on any atom is 0.310 e. The summed E-state index contributed by atoms with van der Waals surface area (Å²) in [7, 11) is 0. The van der Waals surface area contributed by atoms with Crippen LogP contribution in [-0.2, 0) is 14.3 Å². The molecule has 0 amide bonds. The minimum atomic E-state index is -1.36. The van der Waals surface area contributed by atoms with Crippen LogP contribution in [0.1, 0.15) is 99.3 Å². The molecule has 2 unspecified atom stereocenters.